The van der Waals surface area contributed by atoms with E-state index in [1.807, 2.05) is 0 Å². The molecule has 100 valence electrons. The van der Waals surface area contributed by atoms with Crippen LogP contribution in [0.5, 0.6) is 0 Å². The Kier molecular flexibility index (Phi) is 4.36. The molecule has 2 rings (SSSR count). The molecule has 1 aromatic rings. The Morgan fingerprint density at radius 2 is 2.28 bits per heavy atom. The monoisotopic (exact) mass is 250 g/mol. The lowest BCUT2D eigenvalue weighted by molar-refractivity contribution is 0.184. The predicted molar refractivity (Wildman–Crippen MR) is 72.3 cm³/mol. The van der Waals surface area contributed by atoms with Crippen molar-refractivity contribution in [2.45, 2.75) is 45.1 Å². The first kappa shape index (κ1) is 13.1. The predicted octanol–water partition coefficient (Wildman–Crippen LogP) is 1.58. The standard InChI is InChI=1S/C13H22N4O/c1-2-11-12(14)15-8-16-13(11)17-10-5-3-4-9(6-10)7-18/h8-10,18H,2-7H2,1H3,(H3,14,15,16,17). The molecule has 1 aliphatic carbocycles. The second kappa shape index (κ2) is 6.00. The molecule has 1 saturated carbocycles. The van der Waals surface area contributed by atoms with Crippen LogP contribution >= 0.6 is 0 Å². The van der Waals surface area contributed by atoms with E-state index in [1.54, 1.807) is 0 Å². The molecular weight excluding hydrogens is 228 g/mol. The van der Waals surface area contributed by atoms with Crippen LogP contribution in [-0.2, 0) is 6.42 Å². The minimum absolute atomic E-state index is 0.282. The molecule has 0 aromatic carbocycles. The number of nitrogens with two attached hydrogens (primary N) is 1. The van der Waals surface area contributed by atoms with Crippen molar-refractivity contribution in [3.8, 4) is 0 Å². The number of nitrogen functional groups attached to an aromatic ring is 1. The molecule has 0 bridgehead atoms. The maximum Gasteiger partial charge on any atom is 0.134 e. The van der Waals surface area contributed by atoms with Crippen LogP contribution in [0.15, 0.2) is 6.33 Å². The molecule has 2 atom stereocenters. The third-order valence-electron chi connectivity index (χ3n) is 3.71. The number of aliphatic hydroxyl groups is 1. The number of nitrogens with one attached hydrogen (secondary N) is 1. The minimum atomic E-state index is 0.282. The summed E-state index contributed by atoms with van der Waals surface area (Å²) in [6, 6.07) is 0.385. The average Bonchev–Trinajstić information content (AvgIpc) is 2.39. The number of rotatable bonds is 4. The van der Waals surface area contributed by atoms with Crippen LogP contribution in [0.3, 0.4) is 0 Å². The van der Waals surface area contributed by atoms with Gasteiger partial charge in [-0.25, -0.2) is 9.97 Å². The lowest BCUT2D eigenvalue weighted by Gasteiger charge is -2.29. The Morgan fingerprint density at radius 3 is 3.00 bits per heavy atom. The van der Waals surface area contributed by atoms with Gasteiger partial charge in [0.25, 0.3) is 0 Å². The molecule has 1 aliphatic rings. The Hall–Kier alpha value is -1.36. The normalized spacial score (nSPS) is 23.9. The summed E-state index contributed by atoms with van der Waals surface area (Å²) < 4.78 is 0. The van der Waals surface area contributed by atoms with Crippen LogP contribution in [0, 0.1) is 5.92 Å². The molecule has 0 amide bonds. The summed E-state index contributed by atoms with van der Waals surface area (Å²) in [4.78, 5) is 8.31. The van der Waals surface area contributed by atoms with E-state index >= 15 is 0 Å². The second-order valence-corrected chi connectivity index (χ2v) is 5.00. The van der Waals surface area contributed by atoms with Crippen LogP contribution in [0.4, 0.5) is 11.6 Å². The van der Waals surface area contributed by atoms with Crippen LogP contribution in [0.25, 0.3) is 0 Å². The van der Waals surface area contributed by atoms with E-state index in [2.05, 4.69) is 22.2 Å². The van der Waals surface area contributed by atoms with Crippen molar-refractivity contribution in [1.82, 2.24) is 9.97 Å². The SMILES string of the molecule is CCc1c(N)ncnc1NC1CCCC(CO)C1. The molecular formula is C13H22N4O. The number of hydrogen-bond acceptors (Lipinski definition) is 5. The minimum Gasteiger partial charge on any atom is -0.396 e. The van der Waals surface area contributed by atoms with Crippen LogP contribution in [-0.4, -0.2) is 27.7 Å². The topological polar surface area (TPSA) is 84.1 Å². The highest BCUT2D eigenvalue weighted by Gasteiger charge is 2.22. The van der Waals surface area contributed by atoms with Gasteiger partial charge in [0.05, 0.1) is 0 Å². The van der Waals surface area contributed by atoms with Crippen molar-refractivity contribution in [2.75, 3.05) is 17.7 Å². The lowest BCUT2D eigenvalue weighted by Crippen LogP contribution is -2.29. The molecule has 2 unspecified atom stereocenters. The highest BCUT2D eigenvalue weighted by Crippen LogP contribution is 2.27. The van der Waals surface area contributed by atoms with Gasteiger partial charge in [-0.05, 0) is 31.6 Å². The first-order chi connectivity index (χ1) is 8.74. The highest BCUT2D eigenvalue weighted by atomic mass is 16.3. The number of hydrogen-bond donors (Lipinski definition) is 3. The summed E-state index contributed by atoms with van der Waals surface area (Å²) >= 11 is 0. The molecule has 1 heterocycles. The van der Waals surface area contributed by atoms with E-state index in [0.29, 0.717) is 17.8 Å². The molecule has 1 fully saturated rings. The first-order valence-corrected chi connectivity index (χ1v) is 6.71. The van der Waals surface area contributed by atoms with E-state index in [4.69, 9.17) is 5.73 Å². The fraction of sp³-hybridized carbons (Fsp3) is 0.692. The largest absolute Gasteiger partial charge is 0.396 e. The fourth-order valence-corrected chi connectivity index (χ4v) is 2.68. The number of aromatic nitrogens is 2. The summed E-state index contributed by atoms with van der Waals surface area (Å²) in [5.41, 5.74) is 6.85. The molecule has 18 heavy (non-hydrogen) atoms. The van der Waals surface area contributed by atoms with Gasteiger partial charge < -0.3 is 16.2 Å². The fourth-order valence-electron chi connectivity index (χ4n) is 2.68. The van der Waals surface area contributed by atoms with E-state index in [9.17, 15) is 5.11 Å². The molecule has 0 radical (unpaired) electrons. The lowest BCUT2D eigenvalue weighted by atomic mass is 9.86. The highest BCUT2D eigenvalue weighted by molar-refractivity contribution is 5.55. The number of anilines is 2. The summed E-state index contributed by atoms with van der Waals surface area (Å²) in [5, 5.41) is 12.7. The number of nitrogens with zero attached hydrogens (tertiary/aromatic N) is 2. The van der Waals surface area contributed by atoms with Gasteiger partial charge in [-0.1, -0.05) is 13.3 Å². The van der Waals surface area contributed by atoms with Gasteiger partial charge >= 0.3 is 0 Å². The van der Waals surface area contributed by atoms with Gasteiger partial charge in [0.15, 0.2) is 0 Å². The molecule has 0 aliphatic heterocycles. The zero-order valence-corrected chi connectivity index (χ0v) is 10.9. The summed E-state index contributed by atoms with van der Waals surface area (Å²) in [6.45, 7) is 2.34. The third-order valence-corrected chi connectivity index (χ3v) is 3.71. The maximum atomic E-state index is 9.25. The number of aliphatic hydroxyl groups excluding tert-OH is 1. The van der Waals surface area contributed by atoms with Gasteiger partial charge in [0.1, 0.15) is 18.0 Å². The van der Waals surface area contributed by atoms with Crippen LogP contribution in [0.2, 0.25) is 0 Å². The van der Waals surface area contributed by atoms with Gasteiger partial charge in [-0.15, -0.1) is 0 Å². The Labute approximate surface area is 108 Å². The third kappa shape index (κ3) is 2.90. The van der Waals surface area contributed by atoms with E-state index in [-0.39, 0.29) is 6.61 Å². The van der Waals surface area contributed by atoms with Crippen molar-refractivity contribution in [1.29, 1.82) is 0 Å². The van der Waals surface area contributed by atoms with E-state index < -0.39 is 0 Å². The average molecular weight is 250 g/mol. The smallest absolute Gasteiger partial charge is 0.134 e. The zero-order chi connectivity index (χ0) is 13.0. The molecule has 1 aromatic heterocycles. The molecule has 0 saturated heterocycles. The molecule has 4 N–H and O–H groups in total. The van der Waals surface area contributed by atoms with E-state index in [1.165, 1.54) is 6.33 Å². The summed E-state index contributed by atoms with van der Waals surface area (Å²) in [7, 11) is 0. The van der Waals surface area contributed by atoms with Crippen molar-refractivity contribution >= 4 is 11.6 Å². The molecule has 0 spiro atoms. The zero-order valence-electron chi connectivity index (χ0n) is 10.9. The Balaban J connectivity index is 2.07. The maximum absolute atomic E-state index is 9.25. The Morgan fingerprint density at radius 1 is 1.44 bits per heavy atom. The second-order valence-electron chi connectivity index (χ2n) is 5.00. The van der Waals surface area contributed by atoms with Crippen molar-refractivity contribution in [2.24, 2.45) is 5.92 Å². The van der Waals surface area contributed by atoms with Crippen LogP contribution < -0.4 is 11.1 Å². The summed E-state index contributed by atoms with van der Waals surface area (Å²) in [5.74, 6) is 1.83. The van der Waals surface area contributed by atoms with Crippen molar-refractivity contribution < 1.29 is 5.11 Å². The van der Waals surface area contributed by atoms with Gasteiger partial charge in [0, 0.05) is 18.2 Å². The van der Waals surface area contributed by atoms with Crippen molar-refractivity contribution in [3.63, 3.8) is 0 Å². The molecule has 5 heteroatoms. The Bertz CT molecular complexity index is 397. The molecule has 5 nitrogen and oxygen atoms in total. The van der Waals surface area contributed by atoms with E-state index in [0.717, 1.165) is 43.5 Å². The quantitative estimate of drug-likeness (QED) is 0.755. The van der Waals surface area contributed by atoms with Crippen molar-refractivity contribution in [3.05, 3.63) is 11.9 Å². The first-order valence-electron chi connectivity index (χ1n) is 6.71. The van der Waals surface area contributed by atoms with Crippen LogP contribution in [0.1, 0.15) is 38.2 Å². The van der Waals surface area contributed by atoms with Gasteiger partial charge in [-0.2, -0.15) is 0 Å². The van der Waals surface area contributed by atoms with Gasteiger partial charge in [-0.3, -0.25) is 0 Å². The summed E-state index contributed by atoms with van der Waals surface area (Å²) in [6.07, 6.45) is 6.74. The van der Waals surface area contributed by atoms with Gasteiger partial charge in [0.2, 0.25) is 0 Å².